The molecule has 0 aliphatic carbocycles. The van der Waals surface area contributed by atoms with Crippen LogP contribution in [0.1, 0.15) is 33.6 Å². The van der Waals surface area contributed by atoms with Crippen molar-refractivity contribution in [2.75, 3.05) is 19.8 Å². The first-order valence-corrected chi connectivity index (χ1v) is 5.68. The van der Waals surface area contributed by atoms with Gasteiger partial charge in [0.05, 0.1) is 13.2 Å². The van der Waals surface area contributed by atoms with E-state index in [0.717, 1.165) is 19.8 Å². The van der Waals surface area contributed by atoms with Gasteiger partial charge in [-0.1, -0.05) is 26.0 Å². The summed E-state index contributed by atoms with van der Waals surface area (Å²) < 4.78 is 5.29. The lowest BCUT2D eigenvalue weighted by Gasteiger charge is -2.47. The van der Waals surface area contributed by atoms with Gasteiger partial charge in [0.2, 0.25) is 0 Å². The van der Waals surface area contributed by atoms with E-state index in [1.165, 1.54) is 18.4 Å². The molecule has 14 heavy (non-hydrogen) atoms. The molecule has 0 radical (unpaired) electrons. The van der Waals surface area contributed by atoms with Gasteiger partial charge in [-0.25, -0.2) is 0 Å². The van der Waals surface area contributed by atoms with Crippen LogP contribution >= 0.6 is 0 Å². The van der Waals surface area contributed by atoms with Gasteiger partial charge in [-0.2, -0.15) is 0 Å². The lowest BCUT2D eigenvalue weighted by Crippen LogP contribution is -2.53. The van der Waals surface area contributed by atoms with Crippen LogP contribution in [0.25, 0.3) is 0 Å². The van der Waals surface area contributed by atoms with Crippen LogP contribution in [0.15, 0.2) is 12.2 Å². The van der Waals surface area contributed by atoms with Crippen molar-refractivity contribution >= 4 is 0 Å². The number of piperidine rings is 1. The van der Waals surface area contributed by atoms with Crippen molar-refractivity contribution in [1.29, 1.82) is 0 Å². The molecule has 1 atom stereocenters. The van der Waals surface area contributed by atoms with Crippen LogP contribution in [0, 0.1) is 5.41 Å². The van der Waals surface area contributed by atoms with Gasteiger partial charge in [0.1, 0.15) is 0 Å². The average molecular weight is 197 g/mol. The Kier molecular flexibility index (Phi) is 4.14. The van der Waals surface area contributed by atoms with Gasteiger partial charge in [0.15, 0.2) is 0 Å². The largest absolute Gasteiger partial charge is 0.380 e. The highest BCUT2D eigenvalue weighted by Gasteiger charge is 2.42. The highest BCUT2D eigenvalue weighted by molar-refractivity contribution is 5.08. The zero-order chi connectivity index (χ0) is 10.6. The first kappa shape index (κ1) is 11.7. The van der Waals surface area contributed by atoms with E-state index < -0.39 is 0 Å². The van der Waals surface area contributed by atoms with Gasteiger partial charge in [-0.15, -0.1) is 0 Å². The Morgan fingerprint density at radius 2 is 2.07 bits per heavy atom. The molecule has 2 rings (SSSR count). The van der Waals surface area contributed by atoms with Gasteiger partial charge < -0.3 is 10.1 Å². The molecular weight excluding hydrogens is 174 g/mol. The van der Waals surface area contributed by atoms with Crippen LogP contribution in [0.4, 0.5) is 0 Å². The molecule has 2 aliphatic rings. The van der Waals surface area contributed by atoms with E-state index in [0.29, 0.717) is 11.5 Å². The standard InChI is InChI=1S/C10H17NO.C2H6/c1-8(2)9-5-10(3-4-11-9)6-12-7-10;1-2/h9,11H,1,3-7H2,2H3;1-2H3. The Labute approximate surface area is 87.7 Å². The molecule has 2 aliphatic heterocycles. The van der Waals surface area contributed by atoms with E-state index in [1.807, 2.05) is 13.8 Å². The summed E-state index contributed by atoms with van der Waals surface area (Å²) in [5, 5.41) is 3.49. The molecular formula is C12H23NO. The Bertz CT molecular complexity index is 196. The van der Waals surface area contributed by atoms with Crippen molar-refractivity contribution in [1.82, 2.24) is 5.32 Å². The second-order valence-electron chi connectivity index (χ2n) is 4.30. The van der Waals surface area contributed by atoms with E-state index in [4.69, 9.17) is 4.74 Å². The van der Waals surface area contributed by atoms with Crippen LogP contribution in [-0.4, -0.2) is 25.8 Å². The van der Waals surface area contributed by atoms with Crippen molar-refractivity contribution in [3.05, 3.63) is 12.2 Å². The van der Waals surface area contributed by atoms with Gasteiger partial charge >= 0.3 is 0 Å². The molecule has 1 spiro atoms. The molecule has 0 aromatic rings. The number of ether oxygens (including phenoxy) is 1. The number of rotatable bonds is 1. The zero-order valence-corrected chi connectivity index (χ0v) is 9.73. The Hall–Kier alpha value is -0.340. The van der Waals surface area contributed by atoms with E-state index in [-0.39, 0.29) is 0 Å². The van der Waals surface area contributed by atoms with Crippen LogP contribution in [0.3, 0.4) is 0 Å². The predicted molar refractivity (Wildman–Crippen MR) is 60.4 cm³/mol. The minimum absolute atomic E-state index is 0.509. The van der Waals surface area contributed by atoms with Crippen molar-refractivity contribution in [3.63, 3.8) is 0 Å². The normalized spacial score (nSPS) is 28.6. The van der Waals surface area contributed by atoms with Crippen molar-refractivity contribution in [3.8, 4) is 0 Å². The summed E-state index contributed by atoms with van der Waals surface area (Å²) in [5.41, 5.74) is 1.77. The minimum atomic E-state index is 0.509. The Morgan fingerprint density at radius 1 is 1.43 bits per heavy atom. The first-order valence-electron chi connectivity index (χ1n) is 5.68. The van der Waals surface area contributed by atoms with E-state index in [2.05, 4.69) is 18.8 Å². The molecule has 0 aromatic carbocycles. The summed E-state index contributed by atoms with van der Waals surface area (Å²) in [6, 6.07) is 0.530. The maximum atomic E-state index is 5.29. The highest BCUT2D eigenvalue weighted by Crippen LogP contribution is 2.39. The molecule has 2 heterocycles. The maximum absolute atomic E-state index is 5.29. The van der Waals surface area contributed by atoms with Gasteiger partial charge in [-0.3, -0.25) is 0 Å². The molecule has 2 heteroatoms. The molecule has 82 valence electrons. The van der Waals surface area contributed by atoms with Crippen LogP contribution in [0.5, 0.6) is 0 Å². The highest BCUT2D eigenvalue weighted by atomic mass is 16.5. The molecule has 0 amide bonds. The molecule has 0 aromatic heterocycles. The van der Waals surface area contributed by atoms with Crippen LogP contribution in [-0.2, 0) is 4.74 Å². The Morgan fingerprint density at radius 3 is 2.50 bits per heavy atom. The molecule has 1 N–H and O–H groups in total. The summed E-state index contributed by atoms with van der Waals surface area (Å²) in [4.78, 5) is 0. The van der Waals surface area contributed by atoms with E-state index >= 15 is 0 Å². The topological polar surface area (TPSA) is 21.3 Å². The number of nitrogens with one attached hydrogen (secondary N) is 1. The summed E-state index contributed by atoms with van der Waals surface area (Å²) in [6.45, 7) is 13.2. The molecule has 1 unspecified atom stereocenters. The molecule has 0 saturated carbocycles. The van der Waals surface area contributed by atoms with E-state index in [1.54, 1.807) is 0 Å². The van der Waals surface area contributed by atoms with Crippen molar-refractivity contribution in [2.24, 2.45) is 5.41 Å². The quantitative estimate of drug-likeness (QED) is 0.652. The third kappa shape index (κ3) is 2.37. The third-order valence-electron chi connectivity index (χ3n) is 3.09. The molecule has 2 fully saturated rings. The summed E-state index contributed by atoms with van der Waals surface area (Å²) >= 11 is 0. The summed E-state index contributed by atoms with van der Waals surface area (Å²) in [6.07, 6.45) is 2.50. The fraction of sp³-hybridized carbons (Fsp3) is 0.833. The lowest BCUT2D eigenvalue weighted by molar-refractivity contribution is -0.131. The van der Waals surface area contributed by atoms with Crippen molar-refractivity contribution < 1.29 is 4.74 Å². The second kappa shape index (κ2) is 4.94. The smallest absolute Gasteiger partial charge is 0.0545 e. The monoisotopic (exact) mass is 197 g/mol. The minimum Gasteiger partial charge on any atom is -0.380 e. The third-order valence-corrected chi connectivity index (χ3v) is 3.09. The van der Waals surface area contributed by atoms with Crippen LogP contribution in [0.2, 0.25) is 0 Å². The molecule has 2 saturated heterocycles. The first-order chi connectivity index (χ1) is 6.72. The van der Waals surface area contributed by atoms with Gasteiger partial charge in [0.25, 0.3) is 0 Å². The lowest BCUT2D eigenvalue weighted by atomic mass is 9.73. The molecule has 0 bridgehead atoms. The zero-order valence-electron chi connectivity index (χ0n) is 9.73. The van der Waals surface area contributed by atoms with Gasteiger partial charge in [0, 0.05) is 11.5 Å². The summed E-state index contributed by atoms with van der Waals surface area (Å²) in [7, 11) is 0. The van der Waals surface area contributed by atoms with Crippen molar-refractivity contribution in [2.45, 2.75) is 39.7 Å². The van der Waals surface area contributed by atoms with E-state index in [9.17, 15) is 0 Å². The number of hydrogen-bond donors (Lipinski definition) is 1. The predicted octanol–water partition coefficient (Wildman–Crippen LogP) is 2.36. The van der Waals surface area contributed by atoms with Gasteiger partial charge in [-0.05, 0) is 26.3 Å². The summed E-state index contributed by atoms with van der Waals surface area (Å²) in [5.74, 6) is 0. The SMILES string of the molecule is C=C(C)C1CC2(CCN1)COC2.CC. The second-order valence-corrected chi connectivity index (χ2v) is 4.30. The van der Waals surface area contributed by atoms with Crippen LogP contribution < -0.4 is 5.32 Å². The number of hydrogen-bond acceptors (Lipinski definition) is 2. The Balaban J connectivity index is 0.000000461. The molecule has 2 nitrogen and oxygen atoms in total. The fourth-order valence-corrected chi connectivity index (χ4v) is 2.12. The maximum Gasteiger partial charge on any atom is 0.0545 e. The fourth-order valence-electron chi connectivity index (χ4n) is 2.12. The average Bonchev–Trinajstić information content (AvgIpc) is 2.19.